The molecule has 0 saturated carbocycles. The minimum absolute atomic E-state index is 0.109. The second kappa shape index (κ2) is 3.57. The second-order valence-electron chi connectivity index (χ2n) is 3.29. The quantitative estimate of drug-likeness (QED) is 0.587. The van der Waals surface area contributed by atoms with Crippen LogP contribution >= 0.6 is 0 Å². The van der Waals surface area contributed by atoms with Gasteiger partial charge in [-0.05, 0) is 18.6 Å². The molecule has 0 spiro atoms. The van der Waals surface area contributed by atoms with Crippen molar-refractivity contribution in [2.45, 2.75) is 6.92 Å². The summed E-state index contributed by atoms with van der Waals surface area (Å²) in [4.78, 5) is 28.1. The van der Waals surface area contributed by atoms with E-state index in [1.54, 1.807) is 31.6 Å². The van der Waals surface area contributed by atoms with Crippen LogP contribution in [0.25, 0.3) is 0 Å². The highest BCUT2D eigenvalue weighted by Gasteiger charge is 2.15. The van der Waals surface area contributed by atoms with Crippen molar-refractivity contribution >= 4 is 12.1 Å². The standard InChI is InChI=1S/C11H10N2O2/c1-7-9(6-14)5-13-10(7)11(15)8-2-3-12-4-8/h2-6,12-13H,1H3. The van der Waals surface area contributed by atoms with Crippen molar-refractivity contribution in [2.75, 3.05) is 0 Å². The molecule has 0 aliphatic heterocycles. The molecule has 0 bridgehead atoms. The van der Waals surface area contributed by atoms with E-state index in [-0.39, 0.29) is 5.78 Å². The third-order valence-corrected chi connectivity index (χ3v) is 2.39. The summed E-state index contributed by atoms with van der Waals surface area (Å²) >= 11 is 0. The van der Waals surface area contributed by atoms with Gasteiger partial charge in [0.05, 0.1) is 5.69 Å². The lowest BCUT2D eigenvalue weighted by Gasteiger charge is -1.96. The highest BCUT2D eigenvalue weighted by molar-refractivity contribution is 6.09. The minimum atomic E-state index is -0.109. The lowest BCUT2D eigenvalue weighted by molar-refractivity contribution is 0.103. The fraction of sp³-hybridized carbons (Fsp3) is 0.0909. The van der Waals surface area contributed by atoms with Crippen LogP contribution < -0.4 is 0 Å². The molecule has 2 aromatic rings. The van der Waals surface area contributed by atoms with Gasteiger partial charge in [0.1, 0.15) is 0 Å². The van der Waals surface area contributed by atoms with Crippen LogP contribution in [0, 0.1) is 6.92 Å². The second-order valence-corrected chi connectivity index (χ2v) is 3.29. The van der Waals surface area contributed by atoms with E-state index in [0.29, 0.717) is 22.4 Å². The summed E-state index contributed by atoms with van der Waals surface area (Å²) in [6.07, 6.45) is 5.59. The van der Waals surface area contributed by atoms with Gasteiger partial charge >= 0.3 is 0 Å². The number of aromatic nitrogens is 2. The third kappa shape index (κ3) is 1.50. The molecule has 0 amide bonds. The van der Waals surface area contributed by atoms with Gasteiger partial charge in [-0.2, -0.15) is 0 Å². The number of nitrogens with one attached hydrogen (secondary N) is 2. The van der Waals surface area contributed by atoms with Crippen molar-refractivity contribution in [1.29, 1.82) is 0 Å². The zero-order valence-electron chi connectivity index (χ0n) is 8.20. The van der Waals surface area contributed by atoms with Crippen molar-refractivity contribution < 1.29 is 9.59 Å². The molecule has 0 unspecified atom stereocenters. The number of ketones is 1. The van der Waals surface area contributed by atoms with Gasteiger partial charge in [0, 0.05) is 29.7 Å². The summed E-state index contributed by atoms with van der Waals surface area (Å²) < 4.78 is 0. The first-order chi connectivity index (χ1) is 7.24. The Kier molecular flexibility index (Phi) is 2.25. The van der Waals surface area contributed by atoms with Crippen LogP contribution in [-0.2, 0) is 0 Å². The first-order valence-electron chi connectivity index (χ1n) is 4.54. The van der Waals surface area contributed by atoms with Crippen LogP contribution in [0.2, 0.25) is 0 Å². The molecule has 0 aliphatic rings. The van der Waals surface area contributed by atoms with Crippen LogP contribution in [0.5, 0.6) is 0 Å². The first kappa shape index (κ1) is 9.45. The monoisotopic (exact) mass is 202 g/mol. The Morgan fingerprint density at radius 1 is 1.40 bits per heavy atom. The lowest BCUT2D eigenvalue weighted by Crippen LogP contribution is -2.02. The average Bonchev–Trinajstić information content (AvgIpc) is 2.85. The van der Waals surface area contributed by atoms with Gasteiger partial charge in [-0.3, -0.25) is 9.59 Å². The van der Waals surface area contributed by atoms with Crippen LogP contribution in [0.3, 0.4) is 0 Å². The van der Waals surface area contributed by atoms with Crippen LogP contribution in [0.4, 0.5) is 0 Å². The summed E-state index contributed by atoms with van der Waals surface area (Å²) in [5.41, 5.74) is 2.26. The first-order valence-corrected chi connectivity index (χ1v) is 4.54. The van der Waals surface area contributed by atoms with E-state index in [0.717, 1.165) is 6.29 Å². The van der Waals surface area contributed by atoms with E-state index in [4.69, 9.17) is 0 Å². The molecule has 0 atom stereocenters. The molecular formula is C11H10N2O2. The Morgan fingerprint density at radius 3 is 2.73 bits per heavy atom. The van der Waals surface area contributed by atoms with Gasteiger partial charge in [-0.1, -0.05) is 0 Å². The summed E-state index contributed by atoms with van der Waals surface area (Å²) in [6.45, 7) is 1.75. The van der Waals surface area contributed by atoms with Gasteiger partial charge in [0.25, 0.3) is 0 Å². The maximum atomic E-state index is 11.9. The number of H-pyrrole nitrogens is 2. The molecule has 76 valence electrons. The van der Waals surface area contributed by atoms with Crippen LogP contribution in [0.15, 0.2) is 24.7 Å². The van der Waals surface area contributed by atoms with E-state index < -0.39 is 0 Å². The largest absolute Gasteiger partial charge is 0.367 e. The molecule has 4 heteroatoms. The molecule has 0 aromatic carbocycles. The maximum absolute atomic E-state index is 11.9. The molecule has 2 N–H and O–H groups in total. The lowest BCUT2D eigenvalue weighted by atomic mass is 10.1. The van der Waals surface area contributed by atoms with Gasteiger partial charge in [-0.25, -0.2) is 0 Å². The Labute approximate surface area is 86.3 Å². The Morgan fingerprint density at radius 2 is 2.20 bits per heavy atom. The number of aromatic amines is 2. The fourth-order valence-electron chi connectivity index (χ4n) is 1.48. The molecule has 0 radical (unpaired) electrons. The molecule has 2 aromatic heterocycles. The Balaban J connectivity index is 2.42. The van der Waals surface area contributed by atoms with Crippen molar-refractivity contribution in [3.8, 4) is 0 Å². The van der Waals surface area contributed by atoms with Gasteiger partial charge in [-0.15, -0.1) is 0 Å². The summed E-state index contributed by atoms with van der Waals surface area (Å²) in [5, 5.41) is 0. The number of hydrogen-bond acceptors (Lipinski definition) is 2. The van der Waals surface area contributed by atoms with Gasteiger partial charge in [0.2, 0.25) is 5.78 Å². The molecule has 0 fully saturated rings. The molecular weight excluding hydrogens is 192 g/mol. The van der Waals surface area contributed by atoms with Gasteiger partial charge < -0.3 is 9.97 Å². The van der Waals surface area contributed by atoms with E-state index in [2.05, 4.69) is 9.97 Å². The Hall–Kier alpha value is -2.10. The predicted molar refractivity (Wildman–Crippen MR) is 55.1 cm³/mol. The predicted octanol–water partition coefficient (Wildman–Crippen LogP) is 1.69. The zero-order chi connectivity index (χ0) is 10.8. The zero-order valence-corrected chi connectivity index (χ0v) is 8.20. The highest BCUT2D eigenvalue weighted by atomic mass is 16.1. The molecule has 2 rings (SSSR count). The summed E-state index contributed by atoms with van der Waals surface area (Å²) in [6, 6.07) is 1.70. The summed E-state index contributed by atoms with van der Waals surface area (Å²) in [5.74, 6) is -0.109. The molecule has 0 aliphatic carbocycles. The maximum Gasteiger partial charge on any atom is 0.210 e. The Bertz CT molecular complexity index is 495. The molecule has 15 heavy (non-hydrogen) atoms. The molecule has 2 heterocycles. The smallest absolute Gasteiger partial charge is 0.210 e. The normalized spacial score (nSPS) is 10.2. The van der Waals surface area contributed by atoms with E-state index >= 15 is 0 Å². The highest BCUT2D eigenvalue weighted by Crippen LogP contribution is 2.15. The number of carbonyl (C=O) groups excluding carboxylic acids is 2. The number of carbonyl (C=O) groups is 2. The number of hydrogen-bond donors (Lipinski definition) is 2. The number of aldehydes is 1. The van der Waals surface area contributed by atoms with Gasteiger partial charge in [0.15, 0.2) is 6.29 Å². The average molecular weight is 202 g/mol. The third-order valence-electron chi connectivity index (χ3n) is 2.39. The molecule has 0 saturated heterocycles. The minimum Gasteiger partial charge on any atom is -0.367 e. The van der Waals surface area contributed by atoms with E-state index in [1.165, 1.54) is 0 Å². The van der Waals surface area contributed by atoms with Crippen molar-refractivity contribution in [1.82, 2.24) is 9.97 Å². The van der Waals surface area contributed by atoms with E-state index in [1.807, 2.05) is 0 Å². The fourth-order valence-corrected chi connectivity index (χ4v) is 1.48. The molecule has 4 nitrogen and oxygen atoms in total. The van der Waals surface area contributed by atoms with Crippen molar-refractivity contribution in [3.63, 3.8) is 0 Å². The summed E-state index contributed by atoms with van der Waals surface area (Å²) in [7, 11) is 0. The topological polar surface area (TPSA) is 65.7 Å². The van der Waals surface area contributed by atoms with Crippen LogP contribution in [0.1, 0.15) is 32.0 Å². The van der Waals surface area contributed by atoms with Crippen molar-refractivity contribution in [2.24, 2.45) is 0 Å². The van der Waals surface area contributed by atoms with Crippen LogP contribution in [-0.4, -0.2) is 22.0 Å². The number of rotatable bonds is 3. The SMILES string of the molecule is Cc1c(C=O)c[nH]c1C(=O)c1cc[nH]c1. The van der Waals surface area contributed by atoms with Crippen molar-refractivity contribution in [3.05, 3.63) is 47.0 Å². The van der Waals surface area contributed by atoms with E-state index in [9.17, 15) is 9.59 Å².